The van der Waals surface area contributed by atoms with Gasteiger partial charge in [0.1, 0.15) is 0 Å². The van der Waals surface area contributed by atoms with Crippen LogP contribution in [-0.2, 0) is 4.74 Å². The van der Waals surface area contributed by atoms with Gasteiger partial charge in [-0.15, -0.1) is 11.6 Å². The predicted octanol–water partition coefficient (Wildman–Crippen LogP) is 1.74. The SMILES string of the molecule is CC[C@@]1(CCl)O[C@@H](n2cc(C)c(=O)[nH]c2=O)[C@H](F)[C@@H]1C. The van der Waals surface area contributed by atoms with E-state index in [1.54, 1.807) is 13.8 Å². The maximum Gasteiger partial charge on any atom is 0.330 e. The fourth-order valence-electron chi connectivity index (χ4n) is 2.59. The van der Waals surface area contributed by atoms with Gasteiger partial charge in [0, 0.05) is 17.7 Å². The minimum Gasteiger partial charge on any atom is -0.347 e. The first kappa shape index (κ1) is 15.3. The minimum absolute atomic E-state index is 0.151. The molecule has 20 heavy (non-hydrogen) atoms. The van der Waals surface area contributed by atoms with E-state index < -0.39 is 35.2 Å². The highest BCUT2D eigenvalue weighted by Crippen LogP contribution is 2.45. The molecule has 7 heteroatoms. The topological polar surface area (TPSA) is 64.1 Å². The lowest BCUT2D eigenvalue weighted by Gasteiger charge is -2.29. The first-order chi connectivity index (χ1) is 9.36. The molecule has 1 N–H and O–H groups in total. The van der Waals surface area contributed by atoms with Crippen molar-refractivity contribution >= 4 is 11.6 Å². The molecule has 5 nitrogen and oxygen atoms in total. The first-order valence-electron chi connectivity index (χ1n) is 6.56. The third-order valence-electron chi connectivity index (χ3n) is 4.18. The molecule has 2 rings (SSSR count). The number of alkyl halides is 2. The van der Waals surface area contributed by atoms with Gasteiger partial charge in [0.25, 0.3) is 5.56 Å². The molecule has 1 aromatic rings. The van der Waals surface area contributed by atoms with Gasteiger partial charge in [0.15, 0.2) is 12.4 Å². The molecule has 1 aromatic heterocycles. The van der Waals surface area contributed by atoms with Crippen molar-refractivity contribution in [1.29, 1.82) is 0 Å². The number of nitrogens with zero attached hydrogens (tertiary/aromatic N) is 1. The van der Waals surface area contributed by atoms with E-state index in [0.29, 0.717) is 12.0 Å². The molecule has 112 valence electrons. The highest BCUT2D eigenvalue weighted by Gasteiger charge is 2.52. The summed E-state index contributed by atoms with van der Waals surface area (Å²) in [4.78, 5) is 25.4. The molecule has 1 saturated heterocycles. The van der Waals surface area contributed by atoms with Crippen molar-refractivity contribution in [3.63, 3.8) is 0 Å². The second-order valence-electron chi connectivity index (χ2n) is 5.27. The molecule has 4 atom stereocenters. The summed E-state index contributed by atoms with van der Waals surface area (Å²) in [6.45, 7) is 5.14. The maximum atomic E-state index is 14.5. The number of hydrogen-bond acceptors (Lipinski definition) is 3. The highest BCUT2D eigenvalue weighted by atomic mass is 35.5. The Bertz CT molecular complexity index is 608. The molecule has 1 fully saturated rings. The van der Waals surface area contributed by atoms with Gasteiger partial charge in [-0.25, -0.2) is 9.18 Å². The summed E-state index contributed by atoms with van der Waals surface area (Å²) >= 11 is 5.94. The van der Waals surface area contributed by atoms with Crippen LogP contribution in [-0.4, -0.2) is 27.2 Å². The second kappa shape index (κ2) is 5.33. The van der Waals surface area contributed by atoms with Crippen LogP contribution in [0.1, 0.15) is 32.1 Å². The van der Waals surface area contributed by atoms with Gasteiger partial charge < -0.3 is 4.74 Å². The van der Waals surface area contributed by atoms with E-state index in [4.69, 9.17) is 16.3 Å². The van der Waals surface area contributed by atoms with Crippen molar-refractivity contribution in [3.05, 3.63) is 32.6 Å². The van der Waals surface area contributed by atoms with Crippen molar-refractivity contribution in [2.24, 2.45) is 5.92 Å². The number of aryl methyl sites for hydroxylation is 1. The molecular formula is C13H18ClFN2O3. The van der Waals surface area contributed by atoms with E-state index in [2.05, 4.69) is 4.98 Å². The van der Waals surface area contributed by atoms with E-state index in [0.717, 1.165) is 4.57 Å². The van der Waals surface area contributed by atoms with Gasteiger partial charge in [-0.1, -0.05) is 13.8 Å². The Morgan fingerprint density at radius 2 is 2.20 bits per heavy atom. The molecular weight excluding hydrogens is 287 g/mol. The van der Waals surface area contributed by atoms with Crippen LogP contribution in [0.5, 0.6) is 0 Å². The van der Waals surface area contributed by atoms with Crippen LogP contribution in [0, 0.1) is 12.8 Å². The quantitative estimate of drug-likeness (QED) is 0.865. The molecule has 0 unspecified atom stereocenters. The summed E-state index contributed by atoms with van der Waals surface area (Å²) in [6.07, 6.45) is -0.556. The van der Waals surface area contributed by atoms with E-state index in [1.807, 2.05) is 6.92 Å². The van der Waals surface area contributed by atoms with Gasteiger partial charge in [0.05, 0.1) is 11.5 Å². The third kappa shape index (κ3) is 2.20. The molecule has 0 amide bonds. The molecule has 2 heterocycles. The molecule has 0 aromatic carbocycles. The van der Waals surface area contributed by atoms with E-state index in [9.17, 15) is 14.0 Å². The monoisotopic (exact) mass is 304 g/mol. The smallest absolute Gasteiger partial charge is 0.330 e. The summed E-state index contributed by atoms with van der Waals surface area (Å²) in [6, 6.07) is 0. The zero-order valence-electron chi connectivity index (χ0n) is 11.7. The number of hydrogen-bond donors (Lipinski definition) is 1. The molecule has 1 aliphatic rings. The van der Waals surface area contributed by atoms with E-state index in [-0.39, 0.29) is 5.88 Å². The lowest BCUT2D eigenvalue weighted by Crippen LogP contribution is -2.37. The Morgan fingerprint density at radius 1 is 1.55 bits per heavy atom. The zero-order valence-corrected chi connectivity index (χ0v) is 12.4. The van der Waals surface area contributed by atoms with Crippen LogP contribution in [0.3, 0.4) is 0 Å². The van der Waals surface area contributed by atoms with Crippen molar-refractivity contribution in [1.82, 2.24) is 9.55 Å². The van der Waals surface area contributed by atoms with Crippen LogP contribution < -0.4 is 11.2 Å². The van der Waals surface area contributed by atoms with Gasteiger partial charge >= 0.3 is 5.69 Å². The Kier molecular flexibility index (Phi) is 4.07. The zero-order chi connectivity index (χ0) is 15.1. The largest absolute Gasteiger partial charge is 0.347 e. The lowest BCUT2D eigenvalue weighted by atomic mass is 9.87. The predicted molar refractivity (Wildman–Crippen MR) is 74.0 cm³/mol. The Morgan fingerprint density at radius 3 is 2.70 bits per heavy atom. The molecule has 0 saturated carbocycles. The molecule has 0 aliphatic carbocycles. The Hall–Kier alpha value is -1.14. The number of halogens is 2. The molecule has 1 aliphatic heterocycles. The van der Waals surface area contributed by atoms with E-state index in [1.165, 1.54) is 6.20 Å². The van der Waals surface area contributed by atoms with Crippen LogP contribution in [0.4, 0.5) is 4.39 Å². The number of ether oxygens (including phenoxy) is 1. The number of H-pyrrole nitrogens is 1. The summed E-state index contributed by atoms with van der Waals surface area (Å²) in [5.41, 5.74) is -1.63. The summed E-state index contributed by atoms with van der Waals surface area (Å²) in [7, 11) is 0. The van der Waals surface area contributed by atoms with E-state index >= 15 is 0 Å². The van der Waals surface area contributed by atoms with Crippen molar-refractivity contribution in [2.45, 2.75) is 45.2 Å². The molecule has 0 radical (unpaired) electrons. The van der Waals surface area contributed by atoms with Crippen LogP contribution in [0.2, 0.25) is 0 Å². The van der Waals surface area contributed by atoms with Gasteiger partial charge in [-0.05, 0) is 13.3 Å². The third-order valence-corrected chi connectivity index (χ3v) is 4.63. The number of rotatable bonds is 3. The van der Waals surface area contributed by atoms with Crippen LogP contribution >= 0.6 is 11.6 Å². The summed E-state index contributed by atoms with van der Waals surface area (Å²) in [5, 5.41) is 0. The normalized spacial score (nSPS) is 33.5. The Balaban J connectivity index is 2.47. The summed E-state index contributed by atoms with van der Waals surface area (Å²) in [5.74, 6) is -0.285. The second-order valence-corrected chi connectivity index (χ2v) is 5.54. The van der Waals surface area contributed by atoms with Crippen molar-refractivity contribution in [3.8, 4) is 0 Å². The average Bonchev–Trinajstić information content (AvgIpc) is 2.68. The van der Waals surface area contributed by atoms with Crippen molar-refractivity contribution < 1.29 is 9.13 Å². The average molecular weight is 305 g/mol. The summed E-state index contributed by atoms with van der Waals surface area (Å²) < 4.78 is 21.4. The standard InChI is InChI=1S/C13H18ClFN2O3/c1-4-13(6-14)8(3)9(15)11(20-13)17-5-7(2)10(18)16-12(17)19/h5,8-9,11H,4,6H2,1-3H3,(H,16,18,19)/t8-,9+,11+,13-/m0/s1. The van der Waals surface area contributed by atoms with Gasteiger partial charge in [0.2, 0.25) is 0 Å². The number of nitrogens with one attached hydrogen (secondary N) is 1. The number of aromatic nitrogens is 2. The van der Waals surface area contributed by atoms with Gasteiger partial charge in [-0.2, -0.15) is 0 Å². The van der Waals surface area contributed by atoms with Crippen LogP contribution in [0.15, 0.2) is 15.8 Å². The fourth-order valence-corrected chi connectivity index (χ4v) is 3.08. The highest BCUT2D eigenvalue weighted by molar-refractivity contribution is 6.18. The first-order valence-corrected chi connectivity index (χ1v) is 7.09. The maximum absolute atomic E-state index is 14.5. The van der Waals surface area contributed by atoms with Crippen molar-refractivity contribution in [2.75, 3.05) is 5.88 Å². The number of aromatic amines is 1. The van der Waals surface area contributed by atoms with Crippen LogP contribution in [0.25, 0.3) is 0 Å². The molecule has 0 bridgehead atoms. The Labute approximate surface area is 120 Å². The molecule has 0 spiro atoms. The fraction of sp³-hybridized carbons (Fsp3) is 0.692. The van der Waals surface area contributed by atoms with Gasteiger partial charge in [-0.3, -0.25) is 14.3 Å². The minimum atomic E-state index is -1.36. The lowest BCUT2D eigenvalue weighted by molar-refractivity contribution is -0.0788.